The van der Waals surface area contributed by atoms with Crippen LogP contribution in [0.25, 0.3) is 0 Å². The van der Waals surface area contributed by atoms with Crippen molar-refractivity contribution in [1.82, 2.24) is 4.90 Å². The molecule has 47 heavy (non-hydrogen) atoms. The van der Waals surface area contributed by atoms with Crippen LogP contribution in [0.1, 0.15) is 113 Å². The molecule has 7 heteroatoms. The Bertz CT molecular complexity index is 1240. The zero-order valence-corrected chi connectivity index (χ0v) is 34.3. The molecule has 1 aliphatic heterocycles. The van der Waals surface area contributed by atoms with Crippen LogP contribution < -0.4 is 0 Å². The molecule has 0 N–H and O–H groups in total. The molecule has 1 heterocycles. The highest BCUT2D eigenvalue weighted by Crippen LogP contribution is 2.56. The molecule has 1 unspecified atom stereocenters. The van der Waals surface area contributed by atoms with Gasteiger partial charge in [-0.15, -0.1) is 0 Å². The average molecular weight is 684 g/mol. The molecule has 0 bridgehead atoms. The lowest BCUT2D eigenvalue weighted by Gasteiger charge is -2.45. The highest BCUT2D eigenvalue weighted by atomic mass is 28.4. The number of rotatable bonds is 9. The van der Waals surface area contributed by atoms with E-state index >= 15 is 0 Å². The summed E-state index contributed by atoms with van der Waals surface area (Å²) in [7, 11) is -3.96. The van der Waals surface area contributed by atoms with Crippen molar-refractivity contribution in [2.24, 2.45) is 11.3 Å². The van der Waals surface area contributed by atoms with Crippen LogP contribution in [-0.4, -0.2) is 65.5 Å². The number of likely N-dealkylation sites (tertiary alicyclic amines) is 1. The topological polar surface area (TPSA) is 48.0 Å². The van der Waals surface area contributed by atoms with E-state index in [-0.39, 0.29) is 46.3 Å². The van der Waals surface area contributed by atoms with Gasteiger partial charge in [-0.25, -0.2) is 0 Å². The van der Waals surface area contributed by atoms with Crippen LogP contribution in [-0.2, 0) is 18.4 Å². The van der Waals surface area contributed by atoms with Crippen LogP contribution in [0.15, 0.2) is 47.1 Å². The fourth-order valence-electron chi connectivity index (χ4n) is 7.77. The molecule has 3 fully saturated rings. The molecule has 5 atom stereocenters. The minimum Gasteiger partial charge on any atom is -0.413 e. The van der Waals surface area contributed by atoms with Gasteiger partial charge in [0.05, 0.1) is 18.3 Å². The van der Waals surface area contributed by atoms with Gasteiger partial charge < -0.3 is 18.5 Å². The summed E-state index contributed by atoms with van der Waals surface area (Å²) in [5, 5.41) is 0.290. The van der Waals surface area contributed by atoms with Crippen molar-refractivity contribution in [2.75, 3.05) is 19.7 Å². The second kappa shape index (κ2) is 14.5. The summed E-state index contributed by atoms with van der Waals surface area (Å²) in [5.74, 6) is 0.620. The van der Waals surface area contributed by atoms with Gasteiger partial charge in [-0.2, -0.15) is 0 Å². The van der Waals surface area contributed by atoms with Crippen LogP contribution in [0, 0.1) is 11.3 Å². The van der Waals surface area contributed by atoms with E-state index in [1.165, 1.54) is 36.0 Å². The van der Waals surface area contributed by atoms with Crippen molar-refractivity contribution >= 4 is 22.5 Å². The van der Waals surface area contributed by atoms with E-state index in [9.17, 15) is 4.79 Å². The van der Waals surface area contributed by atoms with E-state index in [2.05, 4.69) is 106 Å². The summed E-state index contributed by atoms with van der Waals surface area (Å²) in [6, 6.07) is 0. The minimum atomic E-state index is -2.00. The van der Waals surface area contributed by atoms with Gasteiger partial charge in [0.25, 0.3) is 0 Å². The highest BCUT2D eigenvalue weighted by Gasteiger charge is 2.47. The first kappa shape index (κ1) is 38.5. The van der Waals surface area contributed by atoms with Crippen LogP contribution in [0.2, 0.25) is 36.3 Å². The zero-order valence-electron chi connectivity index (χ0n) is 32.3. The minimum absolute atomic E-state index is 0.00826. The van der Waals surface area contributed by atoms with Crippen LogP contribution >= 0.6 is 0 Å². The van der Waals surface area contributed by atoms with Crippen LogP contribution in [0.4, 0.5) is 0 Å². The number of amides is 1. The Morgan fingerprint density at radius 2 is 1.62 bits per heavy atom. The number of fused-ring (bicyclic) bond motifs is 1. The van der Waals surface area contributed by atoms with Gasteiger partial charge in [-0.05, 0) is 123 Å². The van der Waals surface area contributed by atoms with Crippen molar-refractivity contribution < 1.29 is 18.4 Å². The summed E-state index contributed by atoms with van der Waals surface area (Å²) in [6.45, 7) is 34.6. The quantitative estimate of drug-likeness (QED) is 0.179. The lowest BCUT2D eigenvalue weighted by Crippen LogP contribution is -2.49. The first-order valence-corrected chi connectivity index (χ1v) is 24.5. The second-order valence-corrected chi connectivity index (χ2v) is 27.9. The fourth-order valence-corrected chi connectivity index (χ4v) is 10.4. The molecule has 2 saturated carbocycles. The van der Waals surface area contributed by atoms with Gasteiger partial charge in [0, 0.05) is 19.5 Å². The smallest absolute Gasteiger partial charge is 0.248 e. The number of carbonyl (C=O) groups excluding carboxylic acids is 1. The number of hydrogen-bond donors (Lipinski definition) is 0. The summed E-state index contributed by atoms with van der Waals surface area (Å²) in [5.41, 5.74) is 5.44. The van der Waals surface area contributed by atoms with Gasteiger partial charge in [0.15, 0.2) is 16.6 Å². The maximum Gasteiger partial charge on any atom is 0.248 e. The molecule has 0 radical (unpaired) electrons. The average Bonchev–Trinajstić information content (AvgIpc) is 3.33. The summed E-state index contributed by atoms with van der Waals surface area (Å²) in [4.78, 5) is 14.8. The second-order valence-electron chi connectivity index (χ2n) is 18.4. The molecule has 266 valence electrons. The Kier molecular flexibility index (Phi) is 11.9. The molecule has 3 aliphatic carbocycles. The standard InChI is InChI=1S/C40H69NO4Si2/c1-29-32(26-33(44-46(10,11)38(3,4)5)27-36(29)45-47(12,13)39(6,7)8)20-19-31-18-17-23-40(9)34(21-22-35(31)40)30(2)43-28-37(42)41-24-15-14-16-25-41/h19-21,30,33,35-36H,1,14-18,22-28H2,2-13H3/t30-,33+,35?,36-,40+/m0/s1. The third-order valence-electron chi connectivity index (χ3n) is 12.9. The third-order valence-corrected chi connectivity index (χ3v) is 22.0. The number of piperidine rings is 1. The molecule has 1 amide bonds. The van der Waals surface area contributed by atoms with Gasteiger partial charge in [-0.1, -0.05) is 78.8 Å². The predicted molar refractivity (Wildman–Crippen MR) is 203 cm³/mol. The number of ether oxygens (including phenoxy) is 1. The number of allylic oxidation sites excluding steroid dienone is 4. The van der Waals surface area contributed by atoms with Crippen molar-refractivity contribution in [3.63, 3.8) is 0 Å². The lowest BCUT2D eigenvalue weighted by atomic mass is 9.63. The van der Waals surface area contributed by atoms with E-state index in [1.807, 2.05) is 4.90 Å². The Labute approximate surface area is 290 Å². The van der Waals surface area contributed by atoms with Crippen LogP contribution in [0.3, 0.4) is 0 Å². The van der Waals surface area contributed by atoms with E-state index in [1.54, 1.807) is 0 Å². The number of hydrogen-bond acceptors (Lipinski definition) is 4. The molecular formula is C40H69NO4Si2. The van der Waals surface area contributed by atoms with E-state index in [0.29, 0.717) is 5.92 Å². The molecule has 4 rings (SSSR count). The monoisotopic (exact) mass is 683 g/mol. The molecule has 1 saturated heterocycles. The third kappa shape index (κ3) is 8.73. The van der Waals surface area contributed by atoms with Crippen molar-refractivity contribution in [1.29, 1.82) is 0 Å². The van der Waals surface area contributed by atoms with Gasteiger partial charge in [-0.3, -0.25) is 4.79 Å². The molecule has 4 aliphatic rings. The Morgan fingerprint density at radius 3 is 2.23 bits per heavy atom. The highest BCUT2D eigenvalue weighted by molar-refractivity contribution is 6.74. The van der Waals surface area contributed by atoms with Gasteiger partial charge >= 0.3 is 0 Å². The lowest BCUT2D eigenvalue weighted by molar-refractivity contribution is -0.138. The van der Waals surface area contributed by atoms with E-state index in [4.69, 9.17) is 13.6 Å². The largest absolute Gasteiger partial charge is 0.413 e. The van der Waals surface area contributed by atoms with Crippen molar-refractivity contribution in [2.45, 2.75) is 168 Å². The van der Waals surface area contributed by atoms with Crippen molar-refractivity contribution in [3.8, 4) is 0 Å². The Morgan fingerprint density at radius 1 is 1.00 bits per heavy atom. The van der Waals surface area contributed by atoms with E-state index in [0.717, 1.165) is 57.2 Å². The normalized spacial score (nSPS) is 30.5. The van der Waals surface area contributed by atoms with Gasteiger partial charge in [0.1, 0.15) is 6.61 Å². The molecule has 0 aromatic heterocycles. The molecule has 0 spiro atoms. The fraction of sp³-hybridized carbons (Fsp3) is 0.775. The maximum atomic E-state index is 12.8. The maximum absolute atomic E-state index is 12.8. The Hall–Kier alpha value is -1.26. The predicted octanol–water partition coefficient (Wildman–Crippen LogP) is 10.5. The Balaban J connectivity index is 1.52. The molecule has 5 nitrogen and oxygen atoms in total. The summed E-state index contributed by atoms with van der Waals surface area (Å²) < 4.78 is 20.4. The van der Waals surface area contributed by atoms with Crippen molar-refractivity contribution in [3.05, 3.63) is 47.1 Å². The first-order valence-electron chi connectivity index (χ1n) is 18.7. The summed E-state index contributed by atoms with van der Waals surface area (Å²) in [6.07, 6.45) is 17.1. The number of carbonyl (C=O) groups is 1. The zero-order chi connectivity index (χ0) is 35.0. The number of nitrogens with zero attached hydrogens (tertiary/aromatic N) is 1. The summed E-state index contributed by atoms with van der Waals surface area (Å²) >= 11 is 0. The van der Waals surface area contributed by atoms with Gasteiger partial charge in [0.2, 0.25) is 5.91 Å². The molecular weight excluding hydrogens is 615 g/mol. The SMILES string of the molecule is C=C1C(=CC=C2CCC[C@]3(C)C([C@H](C)OCC(=O)N4CCCCC4)=CCC23)C[C@@H](O[Si](C)(C)C(C)(C)C)C[C@@H]1O[Si](C)(C)C(C)(C)C. The van der Waals surface area contributed by atoms with E-state index < -0.39 is 16.6 Å². The van der Waals surface area contributed by atoms with Crippen LogP contribution in [0.5, 0.6) is 0 Å². The molecule has 0 aromatic carbocycles. The first-order chi connectivity index (χ1) is 21.7. The molecule has 0 aromatic rings.